The topological polar surface area (TPSA) is 54.0 Å². The Morgan fingerprint density at radius 3 is 2.60 bits per heavy atom. The summed E-state index contributed by atoms with van der Waals surface area (Å²) < 4.78 is 0. The number of halogens is 1. The molecule has 0 radical (unpaired) electrons. The normalized spacial score (nSPS) is 18.8. The van der Waals surface area contributed by atoms with Crippen LogP contribution in [0, 0.1) is 0 Å². The molecule has 0 aliphatic heterocycles. The lowest BCUT2D eigenvalue weighted by atomic mass is 9.96. The second-order valence-electron chi connectivity index (χ2n) is 5.53. The number of fused-ring (bicyclic) bond motifs is 1. The first-order valence-electron chi connectivity index (χ1n) is 7.37. The van der Waals surface area contributed by atoms with Gasteiger partial charge in [0.1, 0.15) is 0 Å². The monoisotopic (exact) mass is 315 g/mol. The summed E-state index contributed by atoms with van der Waals surface area (Å²) >= 11 is 1.64. The first kappa shape index (κ1) is 15.6. The lowest BCUT2D eigenvalue weighted by Crippen LogP contribution is -2.38. The number of anilines is 1. The minimum absolute atomic E-state index is 0. The molecule has 1 fully saturated rings. The van der Waals surface area contributed by atoms with E-state index in [1.54, 1.807) is 11.3 Å². The van der Waals surface area contributed by atoms with Crippen molar-refractivity contribution in [1.82, 2.24) is 10.3 Å². The Morgan fingerprint density at radius 1 is 1.10 bits per heavy atom. The van der Waals surface area contributed by atoms with Crippen molar-refractivity contribution in [3.63, 3.8) is 0 Å². The smallest absolute Gasteiger partial charge is 0.321 e. The van der Waals surface area contributed by atoms with Crippen LogP contribution in [-0.2, 0) is 12.8 Å². The first-order chi connectivity index (χ1) is 9.31. The molecule has 4 nitrogen and oxygen atoms in total. The van der Waals surface area contributed by atoms with E-state index in [9.17, 15) is 4.79 Å². The summed E-state index contributed by atoms with van der Waals surface area (Å²) in [6, 6.07) is 0.265. The number of urea groups is 1. The Kier molecular flexibility index (Phi) is 5.66. The molecule has 2 amide bonds. The van der Waals surface area contributed by atoms with E-state index < -0.39 is 0 Å². The number of carbonyl (C=O) groups excluding carboxylic acids is 1. The molecule has 0 saturated heterocycles. The van der Waals surface area contributed by atoms with Crippen LogP contribution in [0.5, 0.6) is 0 Å². The van der Waals surface area contributed by atoms with Crippen LogP contribution < -0.4 is 10.6 Å². The second-order valence-corrected chi connectivity index (χ2v) is 6.61. The fourth-order valence-electron chi connectivity index (χ4n) is 2.97. The van der Waals surface area contributed by atoms with Crippen molar-refractivity contribution in [2.45, 2.75) is 63.8 Å². The predicted octanol–water partition coefficient (Wildman–Crippen LogP) is 3.90. The third-order valence-corrected chi connectivity index (χ3v) is 5.08. The number of hydrogen-bond donors (Lipinski definition) is 2. The summed E-state index contributed by atoms with van der Waals surface area (Å²) in [5.41, 5.74) is 1.20. The molecule has 0 bridgehead atoms. The van der Waals surface area contributed by atoms with Crippen molar-refractivity contribution in [2.75, 3.05) is 5.32 Å². The Bertz CT molecular complexity index is 434. The largest absolute Gasteiger partial charge is 0.335 e. The Balaban J connectivity index is 0.00000147. The van der Waals surface area contributed by atoms with Crippen molar-refractivity contribution in [2.24, 2.45) is 0 Å². The van der Waals surface area contributed by atoms with E-state index in [-0.39, 0.29) is 18.4 Å². The molecular formula is C14H22ClN3OS. The molecule has 1 saturated carbocycles. The van der Waals surface area contributed by atoms with Gasteiger partial charge in [-0.15, -0.1) is 23.7 Å². The minimum Gasteiger partial charge on any atom is -0.335 e. The van der Waals surface area contributed by atoms with Gasteiger partial charge in [-0.3, -0.25) is 5.32 Å². The molecule has 0 aromatic carbocycles. The second kappa shape index (κ2) is 7.27. The van der Waals surface area contributed by atoms with Crippen LogP contribution in [0.4, 0.5) is 9.93 Å². The van der Waals surface area contributed by atoms with Gasteiger partial charge in [-0.1, -0.05) is 19.3 Å². The third kappa shape index (κ3) is 3.85. The van der Waals surface area contributed by atoms with E-state index in [1.165, 1.54) is 42.7 Å². The number of amides is 2. The molecule has 1 aromatic heterocycles. The summed E-state index contributed by atoms with van der Waals surface area (Å²) in [5, 5.41) is 6.73. The number of carbonyl (C=O) groups is 1. The van der Waals surface area contributed by atoms with Gasteiger partial charge < -0.3 is 5.32 Å². The summed E-state index contributed by atoms with van der Waals surface area (Å²) in [6.07, 6.45) is 10.7. The average molecular weight is 316 g/mol. The number of aryl methyl sites for hydroxylation is 2. The van der Waals surface area contributed by atoms with E-state index in [0.717, 1.165) is 30.8 Å². The first-order valence-corrected chi connectivity index (χ1v) is 8.19. The predicted molar refractivity (Wildman–Crippen MR) is 85.0 cm³/mol. The summed E-state index contributed by atoms with van der Waals surface area (Å²) in [4.78, 5) is 17.8. The standard InChI is InChI=1S/C14H21N3OS.ClH/c18-13(15-10-6-2-1-3-7-10)17-14-16-11-8-4-5-9-12(11)19-14;/h10H,1-9H2,(H2,15,16,17,18);1H. The Hall–Kier alpha value is -0.810. The van der Waals surface area contributed by atoms with Gasteiger partial charge in [0.15, 0.2) is 5.13 Å². The highest BCUT2D eigenvalue weighted by molar-refractivity contribution is 7.15. The molecule has 6 heteroatoms. The van der Waals surface area contributed by atoms with Crippen LogP contribution in [-0.4, -0.2) is 17.1 Å². The van der Waals surface area contributed by atoms with Crippen molar-refractivity contribution < 1.29 is 4.79 Å². The number of rotatable bonds is 2. The molecule has 0 spiro atoms. The number of nitrogens with one attached hydrogen (secondary N) is 2. The molecule has 2 N–H and O–H groups in total. The van der Waals surface area contributed by atoms with Crippen LogP contribution in [0.15, 0.2) is 0 Å². The highest BCUT2D eigenvalue weighted by Crippen LogP contribution is 2.29. The van der Waals surface area contributed by atoms with Gasteiger partial charge >= 0.3 is 6.03 Å². The van der Waals surface area contributed by atoms with Crippen molar-refractivity contribution in [3.05, 3.63) is 10.6 Å². The molecule has 1 aromatic rings. The fraction of sp³-hybridized carbons (Fsp3) is 0.714. The Labute approximate surface area is 130 Å². The lowest BCUT2D eigenvalue weighted by molar-refractivity contribution is 0.244. The zero-order valence-corrected chi connectivity index (χ0v) is 13.2. The summed E-state index contributed by atoms with van der Waals surface area (Å²) in [7, 11) is 0. The van der Waals surface area contributed by atoms with Gasteiger partial charge in [-0.25, -0.2) is 9.78 Å². The number of hydrogen-bond acceptors (Lipinski definition) is 3. The quantitative estimate of drug-likeness (QED) is 0.869. The van der Waals surface area contributed by atoms with Gasteiger partial charge in [0.05, 0.1) is 5.69 Å². The van der Waals surface area contributed by atoms with Gasteiger partial charge in [-0.2, -0.15) is 0 Å². The van der Waals surface area contributed by atoms with Gasteiger partial charge in [0.25, 0.3) is 0 Å². The van der Waals surface area contributed by atoms with E-state index in [0.29, 0.717) is 6.04 Å². The van der Waals surface area contributed by atoms with E-state index in [2.05, 4.69) is 15.6 Å². The van der Waals surface area contributed by atoms with E-state index in [4.69, 9.17) is 0 Å². The maximum absolute atomic E-state index is 11.9. The number of thiazole rings is 1. The van der Waals surface area contributed by atoms with Crippen LogP contribution in [0.1, 0.15) is 55.5 Å². The van der Waals surface area contributed by atoms with Crippen molar-refractivity contribution >= 4 is 34.9 Å². The van der Waals surface area contributed by atoms with Gasteiger partial charge in [0, 0.05) is 10.9 Å². The zero-order chi connectivity index (χ0) is 13.1. The third-order valence-electron chi connectivity index (χ3n) is 4.01. The molecule has 1 heterocycles. The zero-order valence-electron chi connectivity index (χ0n) is 11.6. The maximum Gasteiger partial charge on any atom is 0.321 e. The minimum atomic E-state index is -0.0852. The van der Waals surface area contributed by atoms with Crippen molar-refractivity contribution in [1.29, 1.82) is 0 Å². The van der Waals surface area contributed by atoms with Crippen LogP contribution in [0.3, 0.4) is 0 Å². The van der Waals surface area contributed by atoms with Crippen molar-refractivity contribution in [3.8, 4) is 0 Å². The molecule has 112 valence electrons. The molecule has 0 atom stereocenters. The van der Waals surface area contributed by atoms with E-state index in [1.807, 2.05) is 0 Å². The lowest BCUT2D eigenvalue weighted by Gasteiger charge is -2.22. The average Bonchev–Trinajstić information content (AvgIpc) is 2.81. The molecule has 0 unspecified atom stereocenters. The van der Waals surface area contributed by atoms with Crippen LogP contribution in [0.25, 0.3) is 0 Å². The molecule has 2 aliphatic carbocycles. The van der Waals surface area contributed by atoms with Crippen LogP contribution in [0.2, 0.25) is 0 Å². The summed E-state index contributed by atoms with van der Waals surface area (Å²) in [5.74, 6) is 0. The Morgan fingerprint density at radius 2 is 1.85 bits per heavy atom. The van der Waals surface area contributed by atoms with Gasteiger partial charge in [-0.05, 0) is 38.5 Å². The number of nitrogens with zero attached hydrogens (tertiary/aromatic N) is 1. The number of aromatic nitrogens is 1. The highest BCUT2D eigenvalue weighted by atomic mass is 35.5. The maximum atomic E-state index is 11.9. The van der Waals surface area contributed by atoms with Gasteiger partial charge in [0.2, 0.25) is 0 Å². The molecular weight excluding hydrogens is 294 g/mol. The van der Waals surface area contributed by atoms with E-state index >= 15 is 0 Å². The molecule has 3 rings (SSSR count). The SMILES string of the molecule is Cl.O=C(Nc1nc2c(s1)CCCC2)NC1CCCCC1. The summed E-state index contributed by atoms with van der Waals surface area (Å²) in [6.45, 7) is 0. The highest BCUT2D eigenvalue weighted by Gasteiger charge is 2.18. The van der Waals surface area contributed by atoms with Crippen LogP contribution >= 0.6 is 23.7 Å². The molecule has 2 aliphatic rings. The molecule has 20 heavy (non-hydrogen) atoms. The fourth-order valence-corrected chi connectivity index (χ4v) is 4.02.